The van der Waals surface area contributed by atoms with Crippen LogP contribution in [0, 0.1) is 6.92 Å². The van der Waals surface area contributed by atoms with E-state index in [0.717, 1.165) is 11.4 Å². The first-order valence-corrected chi connectivity index (χ1v) is 8.92. The van der Waals surface area contributed by atoms with Gasteiger partial charge in [0.1, 0.15) is 5.82 Å². The molecule has 0 bridgehead atoms. The molecule has 3 aromatic rings. The van der Waals surface area contributed by atoms with Crippen LogP contribution in [0.4, 0.5) is 16.6 Å². The second-order valence-electron chi connectivity index (χ2n) is 5.85. The summed E-state index contributed by atoms with van der Waals surface area (Å²) in [5.41, 5.74) is 2.94. The van der Waals surface area contributed by atoms with Gasteiger partial charge >= 0.3 is 0 Å². The molecule has 7 heteroatoms. The second kappa shape index (κ2) is 7.88. The van der Waals surface area contributed by atoms with E-state index in [1.165, 1.54) is 18.3 Å². The lowest BCUT2D eigenvalue weighted by Gasteiger charge is -2.05. The molecule has 0 atom stereocenters. The summed E-state index contributed by atoms with van der Waals surface area (Å²) in [7, 11) is 0. The monoisotopic (exact) mass is 366 g/mol. The average Bonchev–Trinajstić information content (AvgIpc) is 3.01. The zero-order valence-electron chi connectivity index (χ0n) is 14.4. The van der Waals surface area contributed by atoms with E-state index < -0.39 is 0 Å². The van der Waals surface area contributed by atoms with Gasteiger partial charge in [0.2, 0.25) is 5.91 Å². The molecule has 0 aliphatic carbocycles. The molecule has 0 radical (unpaired) electrons. The summed E-state index contributed by atoms with van der Waals surface area (Å²) >= 11 is 1.42. The molecule has 0 saturated carbocycles. The number of aryl methyl sites for hydroxylation is 1. The second-order valence-corrected chi connectivity index (χ2v) is 6.71. The van der Waals surface area contributed by atoms with Gasteiger partial charge in [0.25, 0.3) is 0 Å². The molecule has 0 aliphatic rings. The van der Waals surface area contributed by atoms with Crippen LogP contribution in [0.3, 0.4) is 0 Å². The van der Waals surface area contributed by atoms with Gasteiger partial charge in [-0.2, -0.15) is 0 Å². The number of rotatable bonds is 6. The highest BCUT2D eigenvalue weighted by Gasteiger charge is 2.10. The molecule has 1 amide bonds. The summed E-state index contributed by atoms with van der Waals surface area (Å²) in [6.07, 6.45) is 1.89. The van der Waals surface area contributed by atoms with Crippen LogP contribution in [0.25, 0.3) is 0 Å². The minimum Gasteiger partial charge on any atom is -0.326 e. The Hall–Kier alpha value is -3.06. The third-order valence-corrected chi connectivity index (χ3v) is 4.40. The lowest BCUT2D eigenvalue weighted by molar-refractivity contribution is -0.115. The Bertz CT molecular complexity index is 952. The van der Waals surface area contributed by atoms with Crippen LogP contribution in [0.1, 0.15) is 28.5 Å². The topological polar surface area (TPSA) is 84.0 Å². The number of thiazole rings is 1. The SMILES string of the molecule is CC(=O)c1cccc(NC(=O)Cc2csc(Nc3cc(C)ccn3)n2)c1. The van der Waals surface area contributed by atoms with Gasteiger partial charge in [0.05, 0.1) is 12.1 Å². The van der Waals surface area contributed by atoms with Gasteiger partial charge in [-0.3, -0.25) is 9.59 Å². The Morgan fingerprint density at radius 1 is 1.19 bits per heavy atom. The molecular formula is C19H18N4O2S. The molecule has 6 nitrogen and oxygen atoms in total. The van der Waals surface area contributed by atoms with Crippen molar-refractivity contribution in [2.75, 3.05) is 10.6 Å². The summed E-state index contributed by atoms with van der Waals surface area (Å²) in [5, 5.41) is 8.45. The molecule has 0 fully saturated rings. The minimum atomic E-state index is -0.184. The number of amides is 1. The summed E-state index contributed by atoms with van der Waals surface area (Å²) in [5.74, 6) is 0.494. The summed E-state index contributed by atoms with van der Waals surface area (Å²) in [6, 6.07) is 10.7. The zero-order chi connectivity index (χ0) is 18.5. The largest absolute Gasteiger partial charge is 0.326 e. The molecule has 0 aliphatic heterocycles. The third-order valence-electron chi connectivity index (χ3n) is 3.60. The predicted molar refractivity (Wildman–Crippen MR) is 103 cm³/mol. The number of aromatic nitrogens is 2. The van der Waals surface area contributed by atoms with Crippen LogP contribution < -0.4 is 10.6 Å². The van der Waals surface area contributed by atoms with Gasteiger partial charge in [-0.25, -0.2) is 9.97 Å². The van der Waals surface area contributed by atoms with E-state index >= 15 is 0 Å². The number of carbonyl (C=O) groups excluding carboxylic acids is 2. The third kappa shape index (κ3) is 4.73. The Balaban J connectivity index is 1.61. The van der Waals surface area contributed by atoms with Gasteiger partial charge in [0.15, 0.2) is 10.9 Å². The minimum absolute atomic E-state index is 0.0407. The molecule has 0 unspecified atom stereocenters. The number of pyridine rings is 1. The maximum absolute atomic E-state index is 12.2. The lowest BCUT2D eigenvalue weighted by Crippen LogP contribution is -2.15. The highest BCUT2D eigenvalue weighted by atomic mass is 32.1. The van der Waals surface area contributed by atoms with Crippen LogP contribution >= 0.6 is 11.3 Å². The van der Waals surface area contributed by atoms with Gasteiger partial charge in [0, 0.05) is 22.8 Å². The standard InChI is InChI=1S/C19H18N4O2S/c1-12-6-7-20-17(8-12)23-19-22-16(11-26-19)10-18(25)21-15-5-3-4-14(9-15)13(2)24/h3-9,11H,10H2,1-2H3,(H,21,25)(H,20,22,23). The van der Waals surface area contributed by atoms with E-state index in [2.05, 4.69) is 20.6 Å². The van der Waals surface area contributed by atoms with E-state index in [9.17, 15) is 9.59 Å². The fraction of sp³-hybridized carbons (Fsp3) is 0.158. The maximum Gasteiger partial charge on any atom is 0.230 e. The van der Waals surface area contributed by atoms with Crippen LogP contribution in [0.2, 0.25) is 0 Å². The van der Waals surface area contributed by atoms with Gasteiger partial charge in [-0.15, -0.1) is 11.3 Å². The molecule has 0 saturated heterocycles. The fourth-order valence-corrected chi connectivity index (χ4v) is 3.06. The van der Waals surface area contributed by atoms with Crippen molar-refractivity contribution in [3.63, 3.8) is 0 Å². The molecule has 2 aromatic heterocycles. The van der Waals surface area contributed by atoms with Crippen LogP contribution in [-0.2, 0) is 11.2 Å². The Kier molecular flexibility index (Phi) is 5.38. The molecule has 3 rings (SSSR count). The van der Waals surface area contributed by atoms with Crippen molar-refractivity contribution in [2.45, 2.75) is 20.3 Å². The highest BCUT2D eigenvalue weighted by Crippen LogP contribution is 2.21. The molecule has 0 spiro atoms. The zero-order valence-corrected chi connectivity index (χ0v) is 15.3. The normalized spacial score (nSPS) is 10.4. The highest BCUT2D eigenvalue weighted by molar-refractivity contribution is 7.13. The Morgan fingerprint density at radius 3 is 2.81 bits per heavy atom. The fourth-order valence-electron chi connectivity index (χ4n) is 2.35. The van der Waals surface area contributed by atoms with Crippen molar-refractivity contribution in [3.05, 3.63) is 64.8 Å². The molecule has 1 aromatic carbocycles. The first kappa shape index (κ1) is 17.8. The van der Waals surface area contributed by atoms with Gasteiger partial charge in [-0.1, -0.05) is 12.1 Å². The van der Waals surface area contributed by atoms with Crippen molar-refractivity contribution in [1.82, 2.24) is 9.97 Å². The first-order valence-electron chi connectivity index (χ1n) is 8.04. The van der Waals surface area contributed by atoms with Crippen molar-refractivity contribution in [1.29, 1.82) is 0 Å². The number of carbonyl (C=O) groups is 2. The number of anilines is 3. The lowest BCUT2D eigenvalue weighted by atomic mass is 10.1. The van der Waals surface area contributed by atoms with Crippen molar-refractivity contribution < 1.29 is 9.59 Å². The Labute approximate surface area is 155 Å². The Morgan fingerprint density at radius 2 is 2.04 bits per heavy atom. The van der Waals surface area contributed by atoms with E-state index in [-0.39, 0.29) is 18.1 Å². The van der Waals surface area contributed by atoms with Crippen molar-refractivity contribution in [3.8, 4) is 0 Å². The average molecular weight is 366 g/mol. The summed E-state index contributed by atoms with van der Waals surface area (Å²) in [4.78, 5) is 32.3. The number of hydrogen-bond acceptors (Lipinski definition) is 6. The number of ketones is 1. The van der Waals surface area contributed by atoms with E-state index in [1.54, 1.807) is 30.5 Å². The summed E-state index contributed by atoms with van der Waals surface area (Å²) in [6.45, 7) is 3.49. The smallest absolute Gasteiger partial charge is 0.230 e. The number of hydrogen-bond donors (Lipinski definition) is 2. The molecule has 132 valence electrons. The first-order chi connectivity index (χ1) is 12.5. The van der Waals surface area contributed by atoms with E-state index in [1.807, 2.05) is 24.4 Å². The van der Waals surface area contributed by atoms with Crippen molar-refractivity contribution in [2.24, 2.45) is 0 Å². The number of nitrogens with zero attached hydrogens (tertiary/aromatic N) is 2. The van der Waals surface area contributed by atoms with Gasteiger partial charge in [-0.05, 0) is 43.7 Å². The number of nitrogens with one attached hydrogen (secondary N) is 2. The molecule has 26 heavy (non-hydrogen) atoms. The van der Waals surface area contributed by atoms with E-state index in [0.29, 0.717) is 22.1 Å². The molecular weight excluding hydrogens is 348 g/mol. The quantitative estimate of drug-likeness (QED) is 0.645. The van der Waals surface area contributed by atoms with Crippen LogP contribution in [0.15, 0.2) is 48.0 Å². The van der Waals surface area contributed by atoms with Crippen LogP contribution in [0.5, 0.6) is 0 Å². The van der Waals surface area contributed by atoms with Crippen molar-refractivity contribution >= 4 is 39.7 Å². The molecule has 2 heterocycles. The number of Topliss-reactive ketones (excluding diaryl/α,β-unsaturated/α-hetero) is 1. The summed E-state index contributed by atoms with van der Waals surface area (Å²) < 4.78 is 0. The predicted octanol–water partition coefficient (Wildman–Crippen LogP) is 3.97. The number of benzene rings is 1. The van der Waals surface area contributed by atoms with Gasteiger partial charge < -0.3 is 10.6 Å². The maximum atomic E-state index is 12.2. The van der Waals surface area contributed by atoms with Crippen LogP contribution in [-0.4, -0.2) is 21.7 Å². The molecule has 2 N–H and O–H groups in total. The van der Waals surface area contributed by atoms with E-state index in [4.69, 9.17) is 0 Å².